The van der Waals surface area contributed by atoms with E-state index in [-0.39, 0.29) is 0 Å². The molecule has 504 valence electrons. The second kappa shape index (κ2) is 39.6. The van der Waals surface area contributed by atoms with Gasteiger partial charge in [0.25, 0.3) is 70.6 Å². The van der Waals surface area contributed by atoms with Crippen LogP contribution in [0.1, 0.15) is 178 Å². The van der Waals surface area contributed by atoms with Crippen molar-refractivity contribution < 1.29 is 57.9 Å². The van der Waals surface area contributed by atoms with Crippen molar-refractivity contribution in [1.82, 2.24) is 0 Å². The van der Waals surface area contributed by atoms with Gasteiger partial charge in [0.05, 0.1) is 44.5 Å². The van der Waals surface area contributed by atoms with Crippen molar-refractivity contribution in [3.63, 3.8) is 0 Å². The van der Waals surface area contributed by atoms with Gasteiger partial charge in [0.1, 0.15) is 0 Å². The number of amidine groups is 8. The van der Waals surface area contributed by atoms with Crippen LogP contribution in [0.2, 0.25) is 0 Å². The van der Waals surface area contributed by atoms with Gasteiger partial charge in [0.2, 0.25) is 0 Å². The van der Waals surface area contributed by atoms with Crippen LogP contribution in [0.25, 0.3) is 0 Å². The smallest absolute Gasteiger partial charge is 0.481 e. The van der Waals surface area contributed by atoms with E-state index in [9.17, 15) is 0 Å². The molecule has 0 fully saturated rings. The van der Waals surface area contributed by atoms with E-state index in [0.717, 1.165) is 145 Å². The molecule has 0 saturated carbocycles. The lowest BCUT2D eigenvalue weighted by Gasteiger charge is -2.38. The first kappa shape index (κ1) is 78.4. The molecule has 16 rings (SSSR count). The molecule has 8 heterocycles. The number of hydrogen-bond donors (Lipinski definition) is 4. The van der Waals surface area contributed by atoms with E-state index in [2.05, 4.69) is 240 Å². The zero-order valence-electron chi connectivity index (χ0n) is 59.1. The lowest BCUT2D eigenvalue weighted by molar-refractivity contribution is -1.06. The molecule has 1 spiro atoms. The maximum Gasteiger partial charge on any atom is 0.491 e. The van der Waals surface area contributed by atoms with Crippen LogP contribution in [0.3, 0.4) is 0 Å². The Morgan fingerprint density at radius 3 is 0.536 bits per heavy atom. The molecule has 0 aliphatic carbocycles. The van der Waals surface area contributed by atoms with Gasteiger partial charge < -0.3 is 20.4 Å². The van der Waals surface area contributed by atoms with Crippen molar-refractivity contribution in [3.05, 3.63) is 285 Å². The summed E-state index contributed by atoms with van der Waals surface area (Å²) in [6.07, 6.45) is 4.56. The Bertz CT molecular complexity index is 3660. The van der Waals surface area contributed by atoms with Crippen LogP contribution in [0, 0.1) is 0 Å². The normalized spacial score (nSPS) is 13.2. The van der Waals surface area contributed by atoms with Gasteiger partial charge in [-0.05, 0) is 96.5 Å². The first-order valence-electron chi connectivity index (χ1n) is 33.4. The Kier molecular flexibility index (Phi) is 32.1. The van der Waals surface area contributed by atoms with E-state index in [1.54, 1.807) is 0 Å². The molecule has 8 aliphatic heterocycles. The van der Waals surface area contributed by atoms with Crippen LogP contribution in [0.15, 0.2) is 238 Å². The van der Waals surface area contributed by atoms with E-state index in [1.165, 1.54) is 22.3 Å². The molecular formula is C81H96N8O8+4. The summed E-state index contributed by atoms with van der Waals surface area (Å²) in [4.78, 5) is 57.7. The Labute approximate surface area is 573 Å². The molecule has 0 atom stereocenters. The zero-order valence-corrected chi connectivity index (χ0v) is 59.1. The molecule has 16 heteroatoms. The van der Waals surface area contributed by atoms with Gasteiger partial charge in [0, 0.05) is 27.7 Å². The lowest BCUT2D eigenvalue weighted by atomic mass is 10.1. The summed E-state index contributed by atoms with van der Waals surface area (Å²) in [5, 5.41) is 29.7. The predicted octanol–water partition coefficient (Wildman–Crippen LogP) is 16.0. The summed E-state index contributed by atoms with van der Waals surface area (Å²) in [6.45, 7) is 29.0. The van der Waals surface area contributed by atoms with Crippen molar-refractivity contribution in [2.45, 2.75) is 142 Å². The maximum absolute atomic E-state index is 9.00. The van der Waals surface area contributed by atoms with Crippen molar-refractivity contribution in [2.75, 3.05) is 0 Å². The molecule has 8 aliphatic rings. The van der Waals surface area contributed by atoms with Crippen LogP contribution >= 0.6 is 0 Å². The molecule has 8 aromatic carbocycles. The number of fused-ring (bicyclic) bond motifs is 12. The average Bonchev–Trinajstić information content (AvgIpc) is 1.48. The molecule has 0 unspecified atom stereocenters. The van der Waals surface area contributed by atoms with Crippen LogP contribution < -0.4 is 0 Å². The summed E-state index contributed by atoms with van der Waals surface area (Å²) in [5.74, 6) is 2.93. The monoisotopic (exact) mass is 1310 g/mol. The number of hydrogen-bond acceptors (Lipinski definition) is 8. The number of carboxylic acid groups (broad SMARTS) is 4. The first-order chi connectivity index (χ1) is 47.0. The summed E-state index contributed by atoms with van der Waals surface area (Å²) >= 11 is 0. The maximum atomic E-state index is 9.00. The SMILES string of the molecule is CC.CC.CC.CC.CC(=O)O.CC(=O)O.CC(=O)O.CC(=O)O.CCc1ccccc1.CCc1ccccc1.CCc1ccccc1.CCc1ccccc1.c1ccc2c(c1)C1=NC3=[N+]4C(=NC5=[N+]6C(=NC7=[N+]8C(=NC2=[N+]1C846)c1ccccc17)c1ccccc15)c1ccccc13. The molecule has 16 nitrogen and oxygen atoms in total. The Balaban J connectivity index is 0.000000292. The summed E-state index contributed by atoms with van der Waals surface area (Å²) < 4.78 is 9.32. The molecule has 0 amide bonds. The van der Waals surface area contributed by atoms with E-state index in [4.69, 9.17) is 59.6 Å². The molecule has 0 aromatic heterocycles. The Morgan fingerprint density at radius 2 is 0.402 bits per heavy atom. The highest BCUT2D eigenvalue weighted by Gasteiger charge is 2.77. The largest absolute Gasteiger partial charge is 0.491 e. The van der Waals surface area contributed by atoms with E-state index >= 15 is 0 Å². The van der Waals surface area contributed by atoms with Gasteiger partial charge in [-0.25, -0.2) is 0 Å². The number of aliphatic carboxylic acids is 4. The molecular weight excluding hydrogens is 1210 g/mol. The van der Waals surface area contributed by atoms with Crippen molar-refractivity contribution in [2.24, 2.45) is 20.0 Å². The third kappa shape index (κ3) is 18.7. The quantitative estimate of drug-likeness (QED) is 0.124. The van der Waals surface area contributed by atoms with Gasteiger partial charge in [-0.15, -0.1) is 18.3 Å². The van der Waals surface area contributed by atoms with Crippen LogP contribution in [-0.2, 0) is 44.9 Å². The fourth-order valence-corrected chi connectivity index (χ4v) is 10.7. The number of rotatable bonds is 4. The van der Waals surface area contributed by atoms with Gasteiger partial charge in [-0.3, -0.25) is 19.2 Å². The predicted molar refractivity (Wildman–Crippen MR) is 394 cm³/mol. The topological polar surface area (TPSA) is 211 Å². The molecule has 4 N–H and O–H groups in total. The van der Waals surface area contributed by atoms with Gasteiger partial charge in [-0.1, -0.05) is 273 Å². The van der Waals surface area contributed by atoms with Crippen LogP contribution in [0.5, 0.6) is 0 Å². The van der Waals surface area contributed by atoms with Crippen LogP contribution in [0.4, 0.5) is 0 Å². The Hall–Kier alpha value is -11.0. The summed E-state index contributed by atoms with van der Waals surface area (Å²) in [7, 11) is 0. The third-order valence-corrected chi connectivity index (χ3v) is 14.4. The van der Waals surface area contributed by atoms with Crippen molar-refractivity contribution >= 4 is 70.6 Å². The van der Waals surface area contributed by atoms with E-state index in [1.807, 2.05) is 79.7 Å². The molecule has 0 radical (unpaired) electrons. The number of carbonyl (C=O) groups is 4. The minimum Gasteiger partial charge on any atom is -0.481 e. The molecule has 8 aromatic rings. The Morgan fingerprint density at radius 1 is 0.268 bits per heavy atom. The van der Waals surface area contributed by atoms with Crippen LogP contribution in [-0.4, -0.2) is 115 Å². The number of benzene rings is 8. The zero-order chi connectivity index (χ0) is 71.8. The van der Waals surface area contributed by atoms with Gasteiger partial charge >= 0.3 is 5.91 Å². The third-order valence-electron chi connectivity index (χ3n) is 14.4. The summed E-state index contributed by atoms with van der Waals surface area (Å²) in [6, 6.07) is 75.8. The van der Waals surface area contributed by atoms with Gasteiger partial charge in [0.15, 0.2) is 0 Å². The lowest BCUT2D eigenvalue weighted by Crippen LogP contribution is -2.76. The summed E-state index contributed by atoms with van der Waals surface area (Å²) in [5.41, 5.74) is 14.3. The highest BCUT2D eigenvalue weighted by molar-refractivity contribution is 6.30. The molecule has 97 heavy (non-hydrogen) atoms. The second-order valence-electron chi connectivity index (χ2n) is 20.6. The minimum atomic E-state index is -0.923. The number of aryl methyl sites for hydroxylation is 4. The van der Waals surface area contributed by atoms with Gasteiger partial charge in [-0.2, -0.15) is 0 Å². The fraction of sp³-hybridized carbons (Fsp3) is 0.259. The highest BCUT2D eigenvalue weighted by Crippen LogP contribution is 2.46. The number of carboxylic acids is 4. The minimum absolute atomic E-state index is 0.833. The second-order valence-corrected chi connectivity index (χ2v) is 20.6. The highest BCUT2D eigenvalue weighted by atomic mass is 16.4. The average molecular weight is 1310 g/mol. The molecule has 0 saturated heterocycles. The van der Waals surface area contributed by atoms with Crippen molar-refractivity contribution in [3.8, 4) is 0 Å². The van der Waals surface area contributed by atoms with E-state index < -0.39 is 29.8 Å². The number of aliphatic imine (C=N–C) groups is 4. The van der Waals surface area contributed by atoms with E-state index in [0.29, 0.717) is 0 Å². The first-order valence-corrected chi connectivity index (χ1v) is 33.4. The number of nitrogens with zero attached hydrogens (tertiary/aromatic N) is 8. The van der Waals surface area contributed by atoms with Crippen molar-refractivity contribution in [1.29, 1.82) is 0 Å². The standard InChI is InChI=1S/C33H16N8.4C8H10.4C2H4O2.4C2H6/c1-2-10-18-17(9-1)25-34-27-19-11-3-4-12-20(19)29-36-31-23-15-7-8-16-24(23)32-37-30-22-14-6-5-13-21(22)28-35-26(18)38(25)33(39(27)29,40(28)30)41(31)32;4*1-2-8-6-4-3-5-7-8;4*1-2(3)4;4*1-2/h1-16H;4*3-7H,2H2,1H3;4*1H3,(H,3,4);4*1-2H3/q+4;;;;;;;;;;;;. The molecule has 0 bridgehead atoms. The fourth-order valence-electron chi connectivity index (χ4n) is 10.7.